The molecule has 1 aromatic heterocycles. The molecule has 1 N–H and O–H groups in total. The SMILES string of the molecule is Cc1cccc(OC[C@H]2CCCN(C(=O)CCc3c(C)nc(=O)[nH]c3C)C2)c1. The van der Waals surface area contributed by atoms with E-state index in [1.54, 1.807) is 0 Å². The number of benzene rings is 1. The van der Waals surface area contributed by atoms with Crippen LogP contribution in [0.1, 0.15) is 41.8 Å². The highest BCUT2D eigenvalue weighted by Gasteiger charge is 2.24. The number of carbonyl (C=O) groups excluding carboxylic acids is 1. The van der Waals surface area contributed by atoms with Crippen LogP contribution in [0.5, 0.6) is 5.75 Å². The van der Waals surface area contributed by atoms with Gasteiger partial charge < -0.3 is 14.6 Å². The Morgan fingerprint density at radius 2 is 2.14 bits per heavy atom. The number of aromatic nitrogens is 2. The van der Waals surface area contributed by atoms with Crippen molar-refractivity contribution in [2.45, 2.75) is 46.5 Å². The maximum Gasteiger partial charge on any atom is 0.345 e. The fourth-order valence-electron chi connectivity index (χ4n) is 3.86. The Morgan fingerprint density at radius 1 is 1.32 bits per heavy atom. The van der Waals surface area contributed by atoms with Crippen LogP contribution in [0.3, 0.4) is 0 Å². The first-order chi connectivity index (χ1) is 13.4. The van der Waals surface area contributed by atoms with E-state index < -0.39 is 0 Å². The molecule has 1 saturated heterocycles. The number of ether oxygens (including phenoxy) is 1. The highest BCUT2D eigenvalue weighted by Crippen LogP contribution is 2.21. The molecular weight excluding hydrogens is 354 g/mol. The van der Waals surface area contributed by atoms with Gasteiger partial charge in [-0.25, -0.2) is 4.79 Å². The molecule has 1 aromatic carbocycles. The van der Waals surface area contributed by atoms with Gasteiger partial charge in [-0.15, -0.1) is 0 Å². The average molecular weight is 383 g/mol. The minimum Gasteiger partial charge on any atom is -0.493 e. The third kappa shape index (κ3) is 5.21. The normalized spacial score (nSPS) is 16.8. The van der Waals surface area contributed by atoms with Gasteiger partial charge in [-0.3, -0.25) is 4.79 Å². The van der Waals surface area contributed by atoms with Crippen molar-refractivity contribution < 1.29 is 9.53 Å². The number of aryl methyl sites for hydroxylation is 3. The summed E-state index contributed by atoms with van der Waals surface area (Å²) in [5.41, 5.74) is 3.31. The van der Waals surface area contributed by atoms with E-state index in [2.05, 4.69) is 23.0 Å². The summed E-state index contributed by atoms with van der Waals surface area (Å²) in [5, 5.41) is 0. The lowest BCUT2D eigenvalue weighted by molar-refractivity contribution is -0.133. The predicted octanol–water partition coefficient (Wildman–Crippen LogP) is 2.95. The summed E-state index contributed by atoms with van der Waals surface area (Å²) in [4.78, 5) is 32.7. The highest BCUT2D eigenvalue weighted by atomic mass is 16.5. The number of nitrogens with zero attached hydrogens (tertiary/aromatic N) is 2. The zero-order valence-corrected chi connectivity index (χ0v) is 17.0. The summed E-state index contributed by atoms with van der Waals surface area (Å²) < 4.78 is 5.95. The lowest BCUT2D eigenvalue weighted by Gasteiger charge is -2.33. The van der Waals surface area contributed by atoms with E-state index in [-0.39, 0.29) is 11.6 Å². The standard InChI is InChI=1S/C22H29N3O3/c1-15-6-4-8-19(12-15)28-14-18-7-5-11-25(13-18)21(26)10-9-20-16(2)23-22(27)24-17(20)3/h4,6,8,12,18H,5,7,9-11,13-14H2,1-3H3,(H,23,24,27)/t18-/m0/s1. The van der Waals surface area contributed by atoms with E-state index in [9.17, 15) is 9.59 Å². The second-order valence-electron chi connectivity index (χ2n) is 7.71. The smallest absolute Gasteiger partial charge is 0.345 e. The molecule has 1 fully saturated rings. The molecule has 0 unspecified atom stereocenters. The molecule has 0 saturated carbocycles. The van der Waals surface area contributed by atoms with Crippen LogP contribution in [0, 0.1) is 26.7 Å². The van der Waals surface area contributed by atoms with Crippen LogP contribution in [-0.4, -0.2) is 40.5 Å². The minimum absolute atomic E-state index is 0.158. The quantitative estimate of drug-likeness (QED) is 0.832. The number of aromatic amines is 1. The Hall–Kier alpha value is -2.63. The maximum atomic E-state index is 12.7. The zero-order chi connectivity index (χ0) is 20.1. The predicted molar refractivity (Wildman–Crippen MR) is 109 cm³/mol. The second kappa shape index (κ2) is 9.04. The molecular formula is C22H29N3O3. The molecule has 3 rings (SSSR count). The van der Waals surface area contributed by atoms with Gasteiger partial charge in [0.1, 0.15) is 5.75 Å². The Balaban J connectivity index is 1.52. The molecule has 28 heavy (non-hydrogen) atoms. The van der Waals surface area contributed by atoms with Crippen molar-refractivity contribution in [2.75, 3.05) is 19.7 Å². The minimum atomic E-state index is -0.336. The summed E-state index contributed by atoms with van der Waals surface area (Å²) in [5.74, 6) is 1.40. The molecule has 2 aromatic rings. The number of likely N-dealkylation sites (tertiary alicyclic amines) is 1. The molecule has 6 nitrogen and oxygen atoms in total. The van der Waals surface area contributed by atoms with Crippen LogP contribution in [0.2, 0.25) is 0 Å². The van der Waals surface area contributed by atoms with Gasteiger partial charge in [-0.05, 0) is 63.3 Å². The molecule has 0 aliphatic carbocycles. The van der Waals surface area contributed by atoms with Gasteiger partial charge in [0.2, 0.25) is 5.91 Å². The van der Waals surface area contributed by atoms with Crippen LogP contribution in [0.25, 0.3) is 0 Å². The molecule has 1 aliphatic rings. The summed E-state index contributed by atoms with van der Waals surface area (Å²) >= 11 is 0. The summed E-state index contributed by atoms with van der Waals surface area (Å²) in [6.45, 7) is 7.91. The Morgan fingerprint density at radius 3 is 2.89 bits per heavy atom. The van der Waals surface area contributed by atoms with Crippen molar-refractivity contribution in [3.8, 4) is 5.75 Å². The maximum absolute atomic E-state index is 12.7. The van der Waals surface area contributed by atoms with E-state index in [4.69, 9.17) is 4.74 Å². The number of rotatable bonds is 6. The summed E-state index contributed by atoms with van der Waals surface area (Å²) in [6, 6.07) is 8.06. The summed E-state index contributed by atoms with van der Waals surface area (Å²) in [6.07, 6.45) is 3.12. The van der Waals surface area contributed by atoms with Gasteiger partial charge in [-0.2, -0.15) is 4.98 Å². The number of carbonyl (C=O) groups is 1. The molecule has 1 atom stereocenters. The fourth-order valence-corrected chi connectivity index (χ4v) is 3.86. The van der Waals surface area contributed by atoms with Crippen LogP contribution < -0.4 is 10.4 Å². The van der Waals surface area contributed by atoms with E-state index in [1.165, 1.54) is 5.56 Å². The van der Waals surface area contributed by atoms with E-state index in [1.807, 2.05) is 36.9 Å². The van der Waals surface area contributed by atoms with Crippen molar-refractivity contribution in [2.24, 2.45) is 5.92 Å². The first-order valence-corrected chi connectivity index (χ1v) is 9.96. The van der Waals surface area contributed by atoms with Gasteiger partial charge in [0.25, 0.3) is 0 Å². The monoisotopic (exact) mass is 383 g/mol. The Bertz CT molecular complexity index is 865. The molecule has 1 amide bonds. The molecule has 2 heterocycles. The number of nitrogens with one attached hydrogen (secondary N) is 1. The zero-order valence-electron chi connectivity index (χ0n) is 17.0. The first-order valence-electron chi connectivity index (χ1n) is 9.96. The van der Waals surface area contributed by atoms with Crippen molar-refractivity contribution in [1.29, 1.82) is 0 Å². The van der Waals surface area contributed by atoms with Crippen LogP contribution in [0.15, 0.2) is 29.1 Å². The molecule has 6 heteroatoms. The van der Waals surface area contributed by atoms with Crippen molar-refractivity contribution in [3.05, 3.63) is 57.3 Å². The number of hydrogen-bond donors (Lipinski definition) is 1. The van der Waals surface area contributed by atoms with E-state index in [0.717, 1.165) is 42.9 Å². The molecule has 0 spiro atoms. The molecule has 0 radical (unpaired) electrons. The van der Waals surface area contributed by atoms with Gasteiger partial charge in [0, 0.05) is 36.8 Å². The fraction of sp³-hybridized carbons (Fsp3) is 0.500. The number of H-pyrrole nitrogens is 1. The number of amides is 1. The van der Waals surface area contributed by atoms with Crippen molar-refractivity contribution in [1.82, 2.24) is 14.9 Å². The highest BCUT2D eigenvalue weighted by molar-refractivity contribution is 5.76. The largest absolute Gasteiger partial charge is 0.493 e. The Labute approximate surface area is 165 Å². The summed E-state index contributed by atoms with van der Waals surface area (Å²) in [7, 11) is 0. The van der Waals surface area contributed by atoms with Crippen LogP contribution >= 0.6 is 0 Å². The van der Waals surface area contributed by atoms with Crippen LogP contribution in [-0.2, 0) is 11.2 Å². The molecule has 1 aliphatic heterocycles. The van der Waals surface area contributed by atoms with Crippen molar-refractivity contribution in [3.63, 3.8) is 0 Å². The lowest BCUT2D eigenvalue weighted by Crippen LogP contribution is -2.41. The average Bonchev–Trinajstić information content (AvgIpc) is 2.65. The Kier molecular flexibility index (Phi) is 6.49. The molecule has 0 bridgehead atoms. The third-order valence-corrected chi connectivity index (χ3v) is 5.39. The lowest BCUT2D eigenvalue weighted by atomic mass is 9.98. The van der Waals surface area contributed by atoms with Gasteiger partial charge in [-0.1, -0.05) is 12.1 Å². The number of hydrogen-bond acceptors (Lipinski definition) is 4. The number of piperidine rings is 1. The molecule has 150 valence electrons. The van der Waals surface area contributed by atoms with E-state index in [0.29, 0.717) is 31.1 Å². The second-order valence-corrected chi connectivity index (χ2v) is 7.71. The van der Waals surface area contributed by atoms with Crippen molar-refractivity contribution >= 4 is 5.91 Å². The topological polar surface area (TPSA) is 75.3 Å². The van der Waals surface area contributed by atoms with Gasteiger partial charge >= 0.3 is 5.69 Å². The van der Waals surface area contributed by atoms with Gasteiger partial charge in [0.05, 0.1) is 6.61 Å². The van der Waals surface area contributed by atoms with Crippen LogP contribution in [0.4, 0.5) is 0 Å². The first kappa shape index (κ1) is 20.1. The van der Waals surface area contributed by atoms with Gasteiger partial charge in [0.15, 0.2) is 0 Å². The van der Waals surface area contributed by atoms with E-state index >= 15 is 0 Å². The third-order valence-electron chi connectivity index (χ3n) is 5.39.